The van der Waals surface area contributed by atoms with Crippen molar-refractivity contribution in [3.05, 3.63) is 0 Å². The Hall–Kier alpha value is 0.200. The van der Waals surface area contributed by atoms with E-state index in [0.29, 0.717) is 12.5 Å². The van der Waals surface area contributed by atoms with E-state index in [1.54, 1.807) is 0 Å². The third-order valence-electron chi connectivity index (χ3n) is 3.16. The van der Waals surface area contributed by atoms with Crippen molar-refractivity contribution in [3.63, 3.8) is 0 Å². The fraction of sp³-hybridized carbons (Fsp3) is 1.00. The molecule has 1 aliphatic rings. The topological polar surface area (TPSA) is 43.4 Å². The van der Waals surface area contributed by atoms with Crippen LogP contribution in [0.4, 0.5) is 0 Å². The van der Waals surface area contributed by atoms with Crippen molar-refractivity contribution in [2.45, 2.75) is 52.6 Å². The molecular formula is C12H23ClO3S. The van der Waals surface area contributed by atoms with Crippen LogP contribution in [0.25, 0.3) is 0 Å². The highest BCUT2D eigenvalue weighted by Gasteiger charge is 2.28. The molecule has 0 aromatic heterocycles. The molecule has 0 aliphatic heterocycles. The van der Waals surface area contributed by atoms with Gasteiger partial charge >= 0.3 is 0 Å². The summed E-state index contributed by atoms with van der Waals surface area (Å²) in [7, 11) is 1.83. The van der Waals surface area contributed by atoms with E-state index in [1.165, 1.54) is 12.8 Å². The van der Waals surface area contributed by atoms with E-state index in [4.69, 9.17) is 15.4 Å². The molecule has 0 radical (unpaired) electrons. The summed E-state index contributed by atoms with van der Waals surface area (Å²) in [6.45, 7) is 6.44. The van der Waals surface area contributed by atoms with Gasteiger partial charge in [-0.05, 0) is 18.8 Å². The summed E-state index contributed by atoms with van der Waals surface area (Å²) in [5.74, 6) is 0.678. The summed E-state index contributed by atoms with van der Waals surface area (Å²) < 4.78 is 28.0. The van der Waals surface area contributed by atoms with E-state index >= 15 is 0 Å². The first-order valence-corrected chi connectivity index (χ1v) is 8.70. The van der Waals surface area contributed by atoms with E-state index in [2.05, 4.69) is 6.92 Å². The highest BCUT2D eigenvalue weighted by molar-refractivity contribution is 8.13. The maximum atomic E-state index is 11.1. The fourth-order valence-electron chi connectivity index (χ4n) is 2.38. The molecule has 5 heteroatoms. The second-order valence-corrected chi connectivity index (χ2v) is 8.83. The van der Waals surface area contributed by atoms with E-state index in [1.807, 2.05) is 13.8 Å². The van der Waals surface area contributed by atoms with Crippen molar-refractivity contribution in [3.8, 4) is 0 Å². The van der Waals surface area contributed by atoms with E-state index in [9.17, 15) is 8.42 Å². The predicted molar refractivity (Wildman–Crippen MR) is 70.8 cm³/mol. The number of ether oxygens (including phenoxy) is 1. The van der Waals surface area contributed by atoms with Gasteiger partial charge in [-0.1, -0.05) is 33.6 Å². The van der Waals surface area contributed by atoms with Crippen molar-refractivity contribution < 1.29 is 13.2 Å². The van der Waals surface area contributed by atoms with Crippen LogP contribution >= 0.6 is 10.7 Å². The van der Waals surface area contributed by atoms with Crippen molar-refractivity contribution in [1.29, 1.82) is 0 Å². The molecule has 3 nitrogen and oxygen atoms in total. The molecule has 17 heavy (non-hydrogen) atoms. The Morgan fingerprint density at radius 3 is 2.53 bits per heavy atom. The SMILES string of the molecule is CC1CCCC(OCC(C)(C)CS(=O)(=O)Cl)C1. The summed E-state index contributed by atoms with van der Waals surface area (Å²) in [6.07, 6.45) is 4.95. The summed E-state index contributed by atoms with van der Waals surface area (Å²) in [5.41, 5.74) is -0.415. The minimum absolute atomic E-state index is 0.0379. The Kier molecular flexibility index (Phi) is 5.29. The zero-order chi connectivity index (χ0) is 13.1. The Balaban J connectivity index is 2.38. The van der Waals surface area contributed by atoms with Gasteiger partial charge in [0.15, 0.2) is 0 Å². The van der Waals surface area contributed by atoms with Crippen LogP contribution in [0.15, 0.2) is 0 Å². The van der Waals surface area contributed by atoms with Crippen LogP contribution in [0, 0.1) is 11.3 Å². The standard InChI is InChI=1S/C12H23ClO3S/c1-10-5-4-6-11(7-10)16-8-12(2,3)9-17(13,14)15/h10-11H,4-9H2,1-3H3. The molecule has 0 amide bonds. The molecule has 2 atom stereocenters. The first-order valence-electron chi connectivity index (χ1n) is 6.22. The van der Waals surface area contributed by atoms with Crippen LogP contribution in [0.1, 0.15) is 46.5 Å². The largest absolute Gasteiger partial charge is 0.378 e. The van der Waals surface area contributed by atoms with E-state index in [-0.39, 0.29) is 11.9 Å². The number of hydrogen-bond acceptors (Lipinski definition) is 3. The van der Waals surface area contributed by atoms with Crippen LogP contribution in [0.3, 0.4) is 0 Å². The zero-order valence-electron chi connectivity index (χ0n) is 10.9. The summed E-state index contributed by atoms with van der Waals surface area (Å²) in [6, 6.07) is 0. The summed E-state index contributed by atoms with van der Waals surface area (Å²) in [5, 5.41) is 0. The van der Waals surface area contributed by atoms with Gasteiger partial charge in [0, 0.05) is 16.1 Å². The highest BCUT2D eigenvalue weighted by Crippen LogP contribution is 2.28. The Bertz CT molecular complexity index is 338. The molecular weight excluding hydrogens is 260 g/mol. The molecule has 0 spiro atoms. The average molecular weight is 283 g/mol. The van der Waals surface area contributed by atoms with Gasteiger partial charge in [-0.3, -0.25) is 0 Å². The van der Waals surface area contributed by atoms with Gasteiger partial charge in [0.25, 0.3) is 0 Å². The molecule has 0 N–H and O–H groups in total. The maximum absolute atomic E-state index is 11.1. The second-order valence-electron chi connectivity index (χ2n) is 6.05. The van der Waals surface area contributed by atoms with Crippen molar-refractivity contribution in [1.82, 2.24) is 0 Å². The van der Waals surface area contributed by atoms with Gasteiger partial charge in [-0.15, -0.1) is 0 Å². The Morgan fingerprint density at radius 2 is 2.00 bits per heavy atom. The van der Waals surface area contributed by atoms with Crippen molar-refractivity contribution in [2.75, 3.05) is 12.4 Å². The van der Waals surface area contributed by atoms with Crippen LogP contribution in [-0.2, 0) is 13.8 Å². The zero-order valence-corrected chi connectivity index (χ0v) is 12.5. The quantitative estimate of drug-likeness (QED) is 0.728. The van der Waals surface area contributed by atoms with Gasteiger partial charge < -0.3 is 4.74 Å². The molecule has 0 heterocycles. The average Bonchev–Trinajstić information content (AvgIpc) is 2.11. The molecule has 1 rings (SSSR count). The minimum atomic E-state index is -3.45. The van der Waals surface area contributed by atoms with Gasteiger partial charge in [0.2, 0.25) is 9.05 Å². The van der Waals surface area contributed by atoms with Crippen molar-refractivity contribution in [2.24, 2.45) is 11.3 Å². The van der Waals surface area contributed by atoms with Crippen molar-refractivity contribution >= 4 is 19.7 Å². The van der Waals surface area contributed by atoms with Crippen LogP contribution in [0.5, 0.6) is 0 Å². The Labute approximate surface area is 109 Å². The summed E-state index contributed by atoms with van der Waals surface area (Å²) >= 11 is 0. The first kappa shape index (κ1) is 15.3. The molecule has 102 valence electrons. The van der Waals surface area contributed by atoms with Gasteiger partial charge in [0.05, 0.1) is 18.5 Å². The molecule has 0 bridgehead atoms. The van der Waals surface area contributed by atoms with Gasteiger partial charge in [-0.25, -0.2) is 8.42 Å². The lowest BCUT2D eigenvalue weighted by molar-refractivity contribution is -0.0182. The molecule has 1 saturated carbocycles. The van der Waals surface area contributed by atoms with Crippen LogP contribution in [-0.4, -0.2) is 26.9 Å². The van der Waals surface area contributed by atoms with Crippen LogP contribution in [0.2, 0.25) is 0 Å². The van der Waals surface area contributed by atoms with E-state index in [0.717, 1.165) is 12.8 Å². The fourth-order valence-corrected chi connectivity index (χ4v) is 4.28. The minimum Gasteiger partial charge on any atom is -0.378 e. The van der Waals surface area contributed by atoms with Gasteiger partial charge in [0.1, 0.15) is 0 Å². The number of halogens is 1. The molecule has 0 aromatic rings. The molecule has 1 aliphatic carbocycles. The maximum Gasteiger partial charge on any atom is 0.233 e. The molecule has 2 unspecified atom stereocenters. The smallest absolute Gasteiger partial charge is 0.233 e. The first-order chi connectivity index (χ1) is 7.68. The number of hydrogen-bond donors (Lipinski definition) is 0. The molecule has 0 aromatic carbocycles. The molecule has 1 fully saturated rings. The normalized spacial score (nSPS) is 27.1. The monoisotopic (exact) mass is 282 g/mol. The lowest BCUT2D eigenvalue weighted by atomic mass is 9.88. The van der Waals surface area contributed by atoms with Gasteiger partial charge in [-0.2, -0.15) is 0 Å². The molecule has 0 saturated heterocycles. The van der Waals surface area contributed by atoms with Crippen LogP contribution < -0.4 is 0 Å². The predicted octanol–water partition coefficient (Wildman–Crippen LogP) is 3.18. The lowest BCUT2D eigenvalue weighted by Gasteiger charge is -2.30. The summed E-state index contributed by atoms with van der Waals surface area (Å²) in [4.78, 5) is 0. The van der Waals surface area contributed by atoms with E-state index < -0.39 is 14.5 Å². The third-order valence-corrected chi connectivity index (χ3v) is 4.61. The highest BCUT2D eigenvalue weighted by atomic mass is 35.7. The third kappa shape index (κ3) is 6.63. The Morgan fingerprint density at radius 1 is 1.35 bits per heavy atom. The second kappa shape index (κ2) is 5.89. The number of rotatable bonds is 5. The lowest BCUT2D eigenvalue weighted by Crippen LogP contribution is -2.31.